The summed E-state index contributed by atoms with van der Waals surface area (Å²) < 4.78 is 5.16. The minimum atomic E-state index is -0.433. The third-order valence-corrected chi connectivity index (χ3v) is 7.03. The number of nitrogens with one attached hydrogen (secondary N) is 1. The van der Waals surface area contributed by atoms with E-state index in [1.54, 1.807) is 18.3 Å². The summed E-state index contributed by atoms with van der Waals surface area (Å²) in [6.07, 6.45) is 5.24. The second-order valence-corrected chi connectivity index (χ2v) is 8.56. The van der Waals surface area contributed by atoms with Crippen molar-refractivity contribution in [2.75, 3.05) is 6.54 Å². The van der Waals surface area contributed by atoms with Crippen LogP contribution in [-0.4, -0.2) is 22.7 Å². The Balaban J connectivity index is 1.60. The van der Waals surface area contributed by atoms with Crippen molar-refractivity contribution in [1.29, 1.82) is 0 Å². The molecule has 0 radical (unpaired) electrons. The predicted octanol–water partition coefficient (Wildman–Crippen LogP) is 3.97. The fourth-order valence-corrected chi connectivity index (χ4v) is 5.07. The van der Waals surface area contributed by atoms with Gasteiger partial charge in [0.15, 0.2) is 0 Å². The van der Waals surface area contributed by atoms with Gasteiger partial charge in [0.25, 0.3) is 0 Å². The van der Waals surface area contributed by atoms with Gasteiger partial charge in [-0.2, -0.15) is 0 Å². The molecule has 2 aromatic rings. The van der Waals surface area contributed by atoms with Crippen molar-refractivity contribution in [3.63, 3.8) is 0 Å². The minimum absolute atomic E-state index is 0.0243. The van der Waals surface area contributed by atoms with E-state index >= 15 is 0 Å². The van der Waals surface area contributed by atoms with Crippen LogP contribution < -0.4 is 5.32 Å². The van der Waals surface area contributed by atoms with Crippen LogP contribution in [0.4, 0.5) is 0 Å². The van der Waals surface area contributed by atoms with Gasteiger partial charge in [0.2, 0.25) is 5.91 Å². The number of amides is 1. The lowest BCUT2D eigenvalue weighted by Crippen LogP contribution is -2.38. The molecule has 142 valence electrons. The SMILES string of the molecule is Cc1noc(C)c1CCC(=O)NCC1(c2ccc([C@@H](C)O)s2)CCCC1. The molecule has 2 heterocycles. The Morgan fingerprint density at radius 3 is 2.69 bits per heavy atom. The van der Waals surface area contributed by atoms with Crippen LogP contribution in [0.1, 0.15) is 71.9 Å². The number of nitrogens with zero attached hydrogens (tertiary/aromatic N) is 1. The molecular weight excluding hydrogens is 348 g/mol. The number of carbonyl (C=O) groups excluding carboxylic acids is 1. The van der Waals surface area contributed by atoms with E-state index in [0.717, 1.165) is 34.7 Å². The molecule has 2 aromatic heterocycles. The summed E-state index contributed by atoms with van der Waals surface area (Å²) >= 11 is 1.68. The zero-order valence-electron chi connectivity index (χ0n) is 15.8. The van der Waals surface area contributed by atoms with Crippen molar-refractivity contribution in [2.45, 2.75) is 70.8 Å². The molecule has 1 aliphatic rings. The minimum Gasteiger partial charge on any atom is -0.388 e. The van der Waals surface area contributed by atoms with Gasteiger partial charge in [-0.3, -0.25) is 4.79 Å². The highest BCUT2D eigenvalue weighted by molar-refractivity contribution is 7.12. The van der Waals surface area contributed by atoms with Gasteiger partial charge in [-0.15, -0.1) is 11.3 Å². The highest BCUT2D eigenvalue weighted by Gasteiger charge is 2.37. The lowest BCUT2D eigenvalue weighted by Gasteiger charge is -2.28. The lowest BCUT2D eigenvalue weighted by molar-refractivity contribution is -0.121. The van der Waals surface area contributed by atoms with Crippen LogP contribution in [0.2, 0.25) is 0 Å². The Labute approximate surface area is 158 Å². The summed E-state index contributed by atoms with van der Waals surface area (Å²) in [7, 11) is 0. The highest BCUT2D eigenvalue weighted by atomic mass is 32.1. The molecule has 5 nitrogen and oxygen atoms in total. The maximum atomic E-state index is 12.4. The summed E-state index contributed by atoms with van der Waals surface area (Å²) in [5.41, 5.74) is 1.93. The Morgan fingerprint density at radius 2 is 2.12 bits per heavy atom. The van der Waals surface area contributed by atoms with Gasteiger partial charge in [0, 0.05) is 33.7 Å². The molecule has 6 heteroatoms. The Morgan fingerprint density at radius 1 is 1.38 bits per heavy atom. The first kappa shape index (κ1) is 19.1. The van der Waals surface area contributed by atoms with E-state index in [4.69, 9.17) is 4.52 Å². The predicted molar refractivity (Wildman–Crippen MR) is 102 cm³/mol. The third kappa shape index (κ3) is 4.01. The Bertz CT molecular complexity index is 737. The van der Waals surface area contributed by atoms with Crippen LogP contribution >= 0.6 is 11.3 Å². The molecule has 2 N–H and O–H groups in total. The van der Waals surface area contributed by atoms with Crippen LogP contribution in [0.5, 0.6) is 0 Å². The van der Waals surface area contributed by atoms with Crippen molar-refractivity contribution in [3.8, 4) is 0 Å². The number of hydrogen-bond acceptors (Lipinski definition) is 5. The molecule has 1 amide bonds. The monoisotopic (exact) mass is 376 g/mol. The molecule has 0 bridgehead atoms. The van der Waals surface area contributed by atoms with Crippen LogP contribution in [0, 0.1) is 13.8 Å². The number of aliphatic hydroxyl groups excluding tert-OH is 1. The van der Waals surface area contributed by atoms with Gasteiger partial charge >= 0.3 is 0 Å². The maximum Gasteiger partial charge on any atom is 0.220 e. The van der Waals surface area contributed by atoms with Gasteiger partial charge in [-0.1, -0.05) is 18.0 Å². The van der Waals surface area contributed by atoms with E-state index in [-0.39, 0.29) is 11.3 Å². The van der Waals surface area contributed by atoms with Crippen molar-refractivity contribution in [1.82, 2.24) is 10.5 Å². The molecule has 0 spiro atoms. The van der Waals surface area contributed by atoms with Crippen LogP contribution in [-0.2, 0) is 16.6 Å². The van der Waals surface area contributed by atoms with Gasteiger partial charge in [-0.05, 0) is 52.2 Å². The van der Waals surface area contributed by atoms with E-state index in [2.05, 4.69) is 16.5 Å². The number of hydrogen-bond donors (Lipinski definition) is 2. The van der Waals surface area contributed by atoms with Gasteiger partial charge in [-0.25, -0.2) is 0 Å². The van der Waals surface area contributed by atoms with Gasteiger partial charge in [0.1, 0.15) is 5.76 Å². The fraction of sp³-hybridized carbons (Fsp3) is 0.600. The number of aromatic nitrogens is 1. The second kappa shape index (κ2) is 7.92. The molecular formula is C20H28N2O3S. The van der Waals surface area contributed by atoms with E-state index in [9.17, 15) is 9.90 Å². The summed E-state index contributed by atoms with van der Waals surface area (Å²) in [5, 5.41) is 16.9. The Hall–Kier alpha value is -1.66. The molecule has 1 saturated carbocycles. The van der Waals surface area contributed by atoms with Crippen molar-refractivity contribution < 1.29 is 14.4 Å². The standard InChI is InChI=1S/C20H28N2O3S/c1-13-16(15(3)25-22-13)6-9-19(24)21-12-20(10-4-5-11-20)18-8-7-17(26-18)14(2)23/h7-8,14,23H,4-6,9-12H2,1-3H3,(H,21,24)/t14-/m1/s1. The molecule has 1 aliphatic carbocycles. The largest absolute Gasteiger partial charge is 0.388 e. The number of thiophene rings is 1. The topological polar surface area (TPSA) is 75.4 Å². The summed E-state index contributed by atoms with van der Waals surface area (Å²) in [5.74, 6) is 0.871. The number of aliphatic hydroxyl groups is 1. The molecule has 0 aromatic carbocycles. The third-order valence-electron chi connectivity index (χ3n) is 5.53. The quantitative estimate of drug-likeness (QED) is 0.767. The number of carbonyl (C=O) groups is 1. The van der Waals surface area contributed by atoms with Crippen LogP contribution in [0.15, 0.2) is 16.7 Å². The Kier molecular flexibility index (Phi) is 5.82. The zero-order valence-corrected chi connectivity index (χ0v) is 16.6. The average Bonchev–Trinajstić information content (AvgIpc) is 3.33. The molecule has 0 aliphatic heterocycles. The first-order valence-corrected chi connectivity index (χ1v) is 10.2. The summed E-state index contributed by atoms with van der Waals surface area (Å²) in [4.78, 5) is 14.7. The lowest BCUT2D eigenvalue weighted by atomic mass is 9.84. The zero-order chi connectivity index (χ0) is 18.7. The van der Waals surface area contributed by atoms with E-state index in [1.165, 1.54) is 17.7 Å². The highest BCUT2D eigenvalue weighted by Crippen LogP contribution is 2.44. The number of rotatable bonds is 7. The first-order chi connectivity index (χ1) is 12.4. The van der Waals surface area contributed by atoms with Gasteiger partial charge < -0.3 is 14.9 Å². The number of aryl methyl sites for hydroxylation is 2. The van der Waals surface area contributed by atoms with E-state index in [0.29, 0.717) is 19.4 Å². The molecule has 0 saturated heterocycles. The first-order valence-electron chi connectivity index (χ1n) is 9.38. The molecule has 26 heavy (non-hydrogen) atoms. The fourth-order valence-electron chi connectivity index (χ4n) is 3.88. The van der Waals surface area contributed by atoms with Crippen molar-refractivity contribution >= 4 is 17.2 Å². The van der Waals surface area contributed by atoms with Crippen molar-refractivity contribution in [3.05, 3.63) is 38.9 Å². The van der Waals surface area contributed by atoms with E-state index in [1.807, 2.05) is 19.9 Å². The summed E-state index contributed by atoms with van der Waals surface area (Å²) in [6, 6.07) is 4.15. The average molecular weight is 377 g/mol. The van der Waals surface area contributed by atoms with Gasteiger partial charge in [0.05, 0.1) is 11.8 Å². The summed E-state index contributed by atoms with van der Waals surface area (Å²) in [6.45, 7) is 6.27. The second-order valence-electron chi connectivity index (χ2n) is 7.44. The normalized spacial score (nSPS) is 17.4. The molecule has 0 unspecified atom stereocenters. The smallest absolute Gasteiger partial charge is 0.220 e. The van der Waals surface area contributed by atoms with Crippen LogP contribution in [0.25, 0.3) is 0 Å². The van der Waals surface area contributed by atoms with Crippen molar-refractivity contribution in [2.24, 2.45) is 0 Å². The van der Waals surface area contributed by atoms with Crippen LogP contribution in [0.3, 0.4) is 0 Å². The van der Waals surface area contributed by atoms with E-state index < -0.39 is 6.10 Å². The molecule has 1 fully saturated rings. The maximum absolute atomic E-state index is 12.4. The molecule has 3 rings (SSSR count). The molecule has 1 atom stereocenters.